The lowest BCUT2D eigenvalue weighted by atomic mass is 10.1. The summed E-state index contributed by atoms with van der Waals surface area (Å²) in [5.74, 6) is 6.87. The number of aromatic nitrogens is 1. The van der Waals surface area contributed by atoms with Gasteiger partial charge in [-0.2, -0.15) is 0 Å². The van der Waals surface area contributed by atoms with Gasteiger partial charge in [0.25, 0.3) is 0 Å². The predicted octanol–water partition coefficient (Wildman–Crippen LogP) is 4.04. The molecule has 0 bridgehead atoms. The van der Waals surface area contributed by atoms with Crippen LogP contribution in [0.25, 0.3) is 10.2 Å². The van der Waals surface area contributed by atoms with E-state index in [1.54, 1.807) is 23.5 Å². The van der Waals surface area contributed by atoms with Crippen LogP contribution in [0.15, 0.2) is 48.0 Å². The van der Waals surface area contributed by atoms with Crippen LogP contribution >= 0.6 is 11.3 Å². The molecule has 104 valence electrons. The Bertz CT molecular complexity index is 799. The summed E-state index contributed by atoms with van der Waals surface area (Å²) in [5.41, 5.74) is 4.63. The summed E-state index contributed by atoms with van der Waals surface area (Å²) < 4.78 is 18.3. The van der Waals surface area contributed by atoms with Gasteiger partial charge in [-0.25, -0.2) is 9.37 Å². The molecule has 3 rings (SSSR count). The smallest absolute Gasteiger partial charge is 0.123 e. The summed E-state index contributed by atoms with van der Waals surface area (Å²) in [7, 11) is 0. The lowest BCUT2D eigenvalue weighted by Gasteiger charge is -2.02. The number of alkyl halides is 1. The molecule has 0 aliphatic rings. The number of rotatable bonds is 3. The molecule has 4 heteroatoms. The van der Waals surface area contributed by atoms with Crippen LogP contribution in [0.1, 0.15) is 11.1 Å². The second-order valence-electron chi connectivity index (χ2n) is 4.35. The number of benzene rings is 2. The number of ether oxygens (including phenoxy) is 1. The molecule has 0 spiro atoms. The van der Waals surface area contributed by atoms with Crippen molar-refractivity contribution in [2.45, 2.75) is 0 Å². The standard InChI is InChI=1S/C17H12FNOS/c18-9-10-20-15-6-3-13(4-7-15)1-2-14-5-8-17-16(11-14)19-12-21-17/h3-8,11-12H,9-10H2/i18-1. The van der Waals surface area contributed by atoms with Crippen LogP contribution in [-0.2, 0) is 0 Å². The van der Waals surface area contributed by atoms with Crippen LogP contribution < -0.4 is 4.74 Å². The molecule has 2 nitrogen and oxygen atoms in total. The lowest BCUT2D eigenvalue weighted by Crippen LogP contribution is -1.98. The molecule has 0 saturated heterocycles. The maximum absolute atomic E-state index is 12.0. The molecule has 0 aliphatic heterocycles. The van der Waals surface area contributed by atoms with Gasteiger partial charge in [0.05, 0.1) is 15.7 Å². The largest absolute Gasteiger partial charge is 0.491 e. The van der Waals surface area contributed by atoms with Crippen molar-refractivity contribution in [2.24, 2.45) is 0 Å². The molecule has 21 heavy (non-hydrogen) atoms. The van der Waals surface area contributed by atoms with E-state index in [1.807, 2.05) is 35.8 Å². The fourth-order valence-electron chi connectivity index (χ4n) is 1.87. The summed E-state index contributed by atoms with van der Waals surface area (Å²) >= 11 is 1.62. The Balaban J connectivity index is 1.76. The number of nitrogens with zero attached hydrogens (tertiary/aromatic N) is 1. The fraction of sp³-hybridized carbons (Fsp3) is 0.118. The highest BCUT2D eigenvalue weighted by Crippen LogP contribution is 2.18. The summed E-state index contributed by atoms with van der Waals surface area (Å²) in [6.45, 7) is -0.403. The Morgan fingerprint density at radius 1 is 1.05 bits per heavy atom. The van der Waals surface area contributed by atoms with Gasteiger partial charge in [-0.3, -0.25) is 0 Å². The Labute approximate surface area is 126 Å². The lowest BCUT2D eigenvalue weighted by molar-refractivity contribution is 0.273. The van der Waals surface area contributed by atoms with Crippen LogP contribution in [0.5, 0.6) is 5.75 Å². The first-order valence-corrected chi connectivity index (χ1v) is 7.37. The number of hydrogen-bond acceptors (Lipinski definition) is 3. The van der Waals surface area contributed by atoms with Crippen molar-refractivity contribution in [3.05, 3.63) is 59.1 Å². The minimum absolute atomic E-state index is 0.0820. The molecule has 0 aliphatic carbocycles. The zero-order valence-electron chi connectivity index (χ0n) is 11.2. The minimum Gasteiger partial charge on any atom is -0.491 e. The molecule has 2 aromatic carbocycles. The normalized spacial score (nSPS) is 10.1. The summed E-state index contributed by atoms with van der Waals surface area (Å²) in [6, 6.07) is 13.3. The van der Waals surface area contributed by atoms with Crippen LogP contribution in [0, 0.1) is 11.8 Å². The van der Waals surface area contributed by atoms with E-state index < -0.39 is 6.67 Å². The minimum atomic E-state index is -0.485. The van der Waals surface area contributed by atoms with Crippen molar-refractivity contribution in [1.82, 2.24) is 4.98 Å². The maximum Gasteiger partial charge on any atom is 0.123 e. The molecule has 0 atom stereocenters. The van der Waals surface area contributed by atoms with Gasteiger partial charge in [-0.15, -0.1) is 11.3 Å². The molecular weight excluding hydrogens is 284 g/mol. The van der Waals surface area contributed by atoms with Crippen LogP contribution in [-0.4, -0.2) is 18.3 Å². The topological polar surface area (TPSA) is 22.1 Å². The second kappa shape index (κ2) is 6.38. The van der Waals surface area contributed by atoms with Crippen molar-refractivity contribution in [1.29, 1.82) is 0 Å². The Morgan fingerprint density at radius 2 is 1.81 bits per heavy atom. The monoisotopic (exact) mass is 296 g/mol. The third-order valence-electron chi connectivity index (χ3n) is 2.88. The molecule has 0 saturated carbocycles. The molecule has 3 aromatic rings. The van der Waals surface area contributed by atoms with Gasteiger partial charge in [0.1, 0.15) is 19.0 Å². The molecular formula is C17H12FNOS. The highest BCUT2D eigenvalue weighted by Gasteiger charge is 1.97. The third-order valence-corrected chi connectivity index (χ3v) is 3.69. The third kappa shape index (κ3) is 3.39. The first-order valence-electron chi connectivity index (χ1n) is 6.49. The van der Waals surface area contributed by atoms with Gasteiger partial charge in [0.2, 0.25) is 0 Å². The fourth-order valence-corrected chi connectivity index (χ4v) is 2.53. The molecule has 0 radical (unpaired) electrons. The van der Waals surface area contributed by atoms with E-state index in [4.69, 9.17) is 4.74 Å². The molecule has 0 fully saturated rings. The number of thiazole rings is 1. The maximum atomic E-state index is 12.0. The van der Waals surface area contributed by atoms with Crippen molar-refractivity contribution in [3.8, 4) is 17.6 Å². The van der Waals surface area contributed by atoms with E-state index in [0.29, 0.717) is 5.75 Å². The summed E-state index contributed by atoms with van der Waals surface area (Å²) in [6.07, 6.45) is 0. The average Bonchev–Trinajstić information content (AvgIpc) is 2.99. The van der Waals surface area contributed by atoms with Crippen molar-refractivity contribution < 1.29 is 9.13 Å². The van der Waals surface area contributed by atoms with Crippen molar-refractivity contribution in [3.63, 3.8) is 0 Å². The van der Waals surface area contributed by atoms with Gasteiger partial charge in [-0.1, -0.05) is 11.8 Å². The van der Waals surface area contributed by atoms with Crippen LogP contribution in [0.2, 0.25) is 0 Å². The predicted molar refractivity (Wildman–Crippen MR) is 83.5 cm³/mol. The molecule has 1 aromatic heterocycles. The van der Waals surface area contributed by atoms with E-state index in [2.05, 4.69) is 16.8 Å². The highest BCUT2D eigenvalue weighted by atomic mass is 32.1. The van der Waals surface area contributed by atoms with Crippen LogP contribution in [0.3, 0.4) is 0 Å². The second-order valence-corrected chi connectivity index (χ2v) is 5.23. The Morgan fingerprint density at radius 3 is 2.62 bits per heavy atom. The van der Waals surface area contributed by atoms with Gasteiger partial charge in [0.15, 0.2) is 0 Å². The van der Waals surface area contributed by atoms with Crippen LogP contribution in [0.4, 0.5) is 4.39 Å². The van der Waals surface area contributed by atoms with E-state index >= 15 is 0 Å². The Kier molecular flexibility index (Phi) is 4.13. The zero-order chi connectivity index (χ0) is 14.5. The molecule has 0 N–H and O–H groups in total. The molecule has 0 unspecified atom stereocenters. The SMILES string of the molecule is [18F]CCOc1ccc(C#Cc2ccc3scnc3c2)cc1. The summed E-state index contributed by atoms with van der Waals surface area (Å²) in [4.78, 5) is 4.28. The van der Waals surface area contributed by atoms with Crippen molar-refractivity contribution >= 4 is 21.6 Å². The van der Waals surface area contributed by atoms with E-state index in [0.717, 1.165) is 21.3 Å². The van der Waals surface area contributed by atoms with Crippen molar-refractivity contribution in [2.75, 3.05) is 13.3 Å². The van der Waals surface area contributed by atoms with Gasteiger partial charge >= 0.3 is 0 Å². The van der Waals surface area contributed by atoms with Gasteiger partial charge in [0, 0.05) is 11.1 Å². The van der Waals surface area contributed by atoms with Gasteiger partial charge in [-0.05, 0) is 42.5 Å². The van der Waals surface area contributed by atoms with E-state index in [1.165, 1.54) is 0 Å². The number of hydrogen-bond donors (Lipinski definition) is 0. The molecule has 0 amide bonds. The van der Waals surface area contributed by atoms with E-state index in [9.17, 15) is 4.39 Å². The zero-order valence-corrected chi connectivity index (χ0v) is 12.0. The number of halogens is 1. The summed E-state index contributed by atoms with van der Waals surface area (Å²) in [5, 5.41) is 0. The molecule has 1 heterocycles. The van der Waals surface area contributed by atoms with E-state index in [-0.39, 0.29) is 6.61 Å². The quantitative estimate of drug-likeness (QED) is 0.680. The first kappa shape index (κ1) is 13.6. The Hall–Kier alpha value is -2.38. The number of fused-ring (bicyclic) bond motifs is 1. The van der Waals surface area contributed by atoms with Gasteiger partial charge < -0.3 is 4.74 Å². The first-order chi connectivity index (χ1) is 10.3. The average molecular weight is 296 g/mol. The highest BCUT2D eigenvalue weighted by molar-refractivity contribution is 7.16.